The van der Waals surface area contributed by atoms with Crippen molar-refractivity contribution in [1.29, 1.82) is 0 Å². The van der Waals surface area contributed by atoms with Crippen molar-refractivity contribution in [1.82, 2.24) is 0 Å². The first-order chi connectivity index (χ1) is 10.1. The van der Waals surface area contributed by atoms with Crippen LogP contribution in [-0.4, -0.2) is 24.1 Å². The Morgan fingerprint density at radius 1 is 1.27 bits per heavy atom. The molecule has 118 valence electrons. The maximum Gasteiger partial charge on any atom is 0.328 e. The Labute approximate surface area is 131 Å². The SMILES string of the molecule is C=C1COC(=O)C(C(=O)OC(C)(C)C)(c2ccc(C)cc2)C1. The summed E-state index contributed by atoms with van der Waals surface area (Å²) < 4.78 is 10.7. The molecule has 0 aromatic heterocycles. The van der Waals surface area contributed by atoms with Crippen molar-refractivity contribution in [2.24, 2.45) is 0 Å². The van der Waals surface area contributed by atoms with Gasteiger partial charge in [-0.1, -0.05) is 36.4 Å². The van der Waals surface area contributed by atoms with Crippen molar-refractivity contribution in [3.05, 3.63) is 47.5 Å². The molecular weight excluding hydrogens is 280 g/mol. The van der Waals surface area contributed by atoms with Crippen LogP contribution in [0.4, 0.5) is 0 Å². The van der Waals surface area contributed by atoms with E-state index in [4.69, 9.17) is 9.47 Å². The highest BCUT2D eigenvalue weighted by Crippen LogP contribution is 2.38. The predicted octanol–water partition coefficient (Wildman–Crippen LogP) is 3.08. The van der Waals surface area contributed by atoms with Gasteiger partial charge in [-0.15, -0.1) is 0 Å². The highest BCUT2D eigenvalue weighted by atomic mass is 16.6. The van der Waals surface area contributed by atoms with Crippen molar-refractivity contribution in [3.63, 3.8) is 0 Å². The maximum absolute atomic E-state index is 12.8. The van der Waals surface area contributed by atoms with E-state index in [9.17, 15) is 9.59 Å². The van der Waals surface area contributed by atoms with E-state index in [1.54, 1.807) is 32.9 Å². The molecule has 1 atom stereocenters. The van der Waals surface area contributed by atoms with Crippen LogP contribution >= 0.6 is 0 Å². The van der Waals surface area contributed by atoms with Crippen LogP contribution in [0, 0.1) is 6.92 Å². The van der Waals surface area contributed by atoms with Crippen LogP contribution in [0.2, 0.25) is 0 Å². The molecule has 0 aliphatic carbocycles. The van der Waals surface area contributed by atoms with Gasteiger partial charge in [-0.2, -0.15) is 0 Å². The number of carbonyl (C=O) groups excluding carboxylic acids is 2. The Balaban J connectivity index is 2.53. The van der Waals surface area contributed by atoms with Crippen molar-refractivity contribution in [3.8, 4) is 0 Å². The first-order valence-corrected chi connectivity index (χ1v) is 7.29. The number of hydrogen-bond acceptors (Lipinski definition) is 4. The fourth-order valence-corrected chi connectivity index (χ4v) is 2.49. The van der Waals surface area contributed by atoms with E-state index in [1.165, 1.54) is 0 Å². The smallest absolute Gasteiger partial charge is 0.328 e. The van der Waals surface area contributed by atoms with Gasteiger partial charge in [0.25, 0.3) is 0 Å². The molecule has 1 aromatic rings. The van der Waals surface area contributed by atoms with Gasteiger partial charge in [-0.25, -0.2) is 0 Å². The summed E-state index contributed by atoms with van der Waals surface area (Å²) in [6, 6.07) is 7.29. The number of cyclic esters (lactones) is 1. The Kier molecular flexibility index (Phi) is 4.14. The van der Waals surface area contributed by atoms with Crippen LogP contribution < -0.4 is 0 Å². The summed E-state index contributed by atoms with van der Waals surface area (Å²) >= 11 is 0. The second-order valence-electron chi connectivity index (χ2n) is 6.78. The number of rotatable bonds is 2. The lowest BCUT2D eigenvalue weighted by Crippen LogP contribution is -2.51. The molecular formula is C18H22O4. The van der Waals surface area contributed by atoms with Crippen molar-refractivity contribution >= 4 is 11.9 Å². The molecule has 0 saturated carbocycles. The average molecular weight is 302 g/mol. The molecule has 0 bridgehead atoms. The standard InChI is InChI=1S/C18H22O4/c1-12-6-8-14(9-7-12)18(16(20)22-17(3,4)5)10-13(2)11-21-15(18)19/h6-9H,2,10-11H2,1,3-5H3. The number of aryl methyl sites for hydroxylation is 1. The third-order valence-corrected chi connectivity index (χ3v) is 3.56. The van der Waals surface area contributed by atoms with Crippen molar-refractivity contribution in [2.75, 3.05) is 6.61 Å². The van der Waals surface area contributed by atoms with E-state index in [1.807, 2.05) is 19.1 Å². The van der Waals surface area contributed by atoms with Crippen LogP contribution in [-0.2, 0) is 24.5 Å². The molecule has 4 heteroatoms. The zero-order valence-electron chi connectivity index (χ0n) is 13.6. The van der Waals surface area contributed by atoms with Crippen LogP contribution in [0.25, 0.3) is 0 Å². The molecule has 1 saturated heterocycles. The number of ether oxygens (including phenoxy) is 2. The first-order valence-electron chi connectivity index (χ1n) is 7.29. The van der Waals surface area contributed by atoms with Crippen LogP contribution in [0.5, 0.6) is 0 Å². The van der Waals surface area contributed by atoms with E-state index >= 15 is 0 Å². The zero-order valence-corrected chi connectivity index (χ0v) is 13.6. The Morgan fingerprint density at radius 3 is 2.41 bits per heavy atom. The van der Waals surface area contributed by atoms with E-state index in [2.05, 4.69) is 6.58 Å². The topological polar surface area (TPSA) is 52.6 Å². The average Bonchev–Trinajstić information content (AvgIpc) is 2.40. The molecule has 1 aromatic carbocycles. The Hall–Kier alpha value is -2.10. The molecule has 0 radical (unpaired) electrons. The summed E-state index contributed by atoms with van der Waals surface area (Å²) in [6.07, 6.45) is 0.212. The van der Waals surface area contributed by atoms with Gasteiger partial charge in [-0.3, -0.25) is 9.59 Å². The van der Waals surface area contributed by atoms with E-state index in [0.29, 0.717) is 11.1 Å². The summed E-state index contributed by atoms with van der Waals surface area (Å²) in [6.45, 7) is 11.3. The van der Waals surface area contributed by atoms with Gasteiger partial charge < -0.3 is 9.47 Å². The Bertz CT molecular complexity index is 607. The maximum atomic E-state index is 12.8. The number of carbonyl (C=O) groups is 2. The quantitative estimate of drug-likeness (QED) is 0.478. The molecule has 1 aliphatic heterocycles. The van der Waals surface area contributed by atoms with Gasteiger partial charge in [0.15, 0.2) is 5.41 Å². The molecule has 1 fully saturated rings. The predicted molar refractivity (Wildman–Crippen MR) is 83.4 cm³/mol. The van der Waals surface area contributed by atoms with Crippen LogP contribution in [0.3, 0.4) is 0 Å². The third kappa shape index (κ3) is 3.06. The largest absolute Gasteiger partial charge is 0.460 e. The van der Waals surface area contributed by atoms with E-state index < -0.39 is 23.0 Å². The summed E-state index contributed by atoms with van der Waals surface area (Å²) in [5, 5.41) is 0. The molecule has 4 nitrogen and oxygen atoms in total. The van der Waals surface area contributed by atoms with Crippen LogP contribution in [0.15, 0.2) is 36.4 Å². The second kappa shape index (κ2) is 5.59. The monoisotopic (exact) mass is 302 g/mol. The highest BCUT2D eigenvalue weighted by molar-refractivity contribution is 6.07. The zero-order chi connectivity index (χ0) is 16.5. The first kappa shape index (κ1) is 16.3. The minimum Gasteiger partial charge on any atom is -0.460 e. The summed E-state index contributed by atoms with van der Waals surface area (Å²) in [5.74, 6) is -1.16. The number of esters is 2. The van der Waals surface area contributed by atoms with Gasteiger partial charge in [-0.05, 0) is 38.8 Å². The van der Waals surface area contributed by atoms with Gasteiger partial charge in [0.2, 0.25) is 0 Å². The second-order valence-corrected chi connectivity index (χ2v) is 6.78. The molecule has 0 amide bonds. The number of hydrogen-bond donors (Lipinski definition) is 0. The fraction of sp³-hybridized carbons (Fsp3) is 0.444. The third-order valence-electron chi connectivity index (χ3n) is 3.56. The minimum absolute atomic E-state index is 0.148. The van der Waals surface area contributed by atoms with Gasteiger partial charge in [0.1, 0.15) is 12.2 Å². The lowest BCUT2D eigenvalue weighted by atomic mass is 9.74. The van der Waals surface area contributed by atoms with Gasteiger partial charge in [0, 0.05) is 6.42 Å². The molecule has 1 unspecified atom stereocenters. The molecule has 2 rings (SSSR count). The van der Waals surface area contributed by atoms with Crippen molar-refractivity contribution in [2.45, 2.75) is 45.1 Å². The van der Waals surface area contributed by atoms with Gasteiger partial charge in [0.05, 0.1) is 0 Å². The summed E-state index contributed by atoms with van der Waals surface area (Å²) in [4.78, 5) is 25.3. The summed E-state index contributed by atoms with van der Waals surface area (Å²) in [5.41, 5.74) is 0.180. The molecule has 1 heterocycles. The molecule has 1 aliphatic rings. The number of benzene rings is 1. The minimum atomic E-state index is -1.46. The van der Waals surface area contributed by atoms with E-state index in [0.717, 1.165) is 5.56 Å². The van der Waals surface area contributed by atoms with Crippen LogP contribution in [0.1, 0.15) is 38.3 Å². The lowest BCUT2D eigenvalue weighted by molar-refractivity contribution is -0.174. The summed E-state index contributed by atoms with van der Waals surface area (Å²) in [7, 11) is 0. The molecule has 0 spiro atoms. The fourth-order valence-electron chi connectivity index (χ4n) is 2.49. The van der Waals surface area contributed by atoms with Crippen molar-refractivity contribution < 1.29 is 19.1 Å². The van der Waals surface area contributed by atoms with E-state index in [-0.39, 0.29) is 13.0 Å². The highest BCUT2D eigenvalue weighted by Gasteiger charge is 2.53. The molecule has 22 heavy (non-hydrogen) atoms. The normalized spacial score (nSPS) is 22.2. The molecule has 0 N–H and O–H groups in total. The lowest BCUT2D eigenvalue weighted by Gasteiger charge is -2.36. The Morgan fingerprint density at radius 2 is 1.86 bits per heavy atom. The van der Waals surface area contributed by atoms with Gasteiger partial charge >= 0.3 is 11.9 Å².